The summed E-state index contributed by atoms with van der Waals surface area (Å²) in [5.74, 6) is -1.46. The van der Waals surface area contributed by atoms with E-state index < -0.39 is 17.9 Å². The van der Waals surface area contributed by atoms with Crippen molar-refractivity contribution in [1.82, 2.24) is 10.3 Å². The van der Waals surface area contributed by atoms with Gasteiger partial charge in [-0.2, -0.15) is 11.3 Å². The van der Waals surface area contributed by atoms with Crippen LogP contribution in [-0.4, -0.2) is 28.0 Å². The highest BCUT2D eigenvalue weighted by molar-refractivity contribution is 7.17. The number of thiophene rings is 1. The van der Waals surface area contributed by atoms with Crippen LogP contribution in [0.15, 0.2) is 16.8 Å². The molecule has 1 amide bonds. The Balaban J connectivity index is 2.21. The second-order valence-corrected chi connectivity index (χ2v) is 5.76. The molecule has 0 saturated heterocycles. The summed E-state index contributed by atoms with van der Waals surface area (Å²) in [4.78, 5) is 27.5. The molecule has 1 atom stereocenters. The minimum atomic E-state index is -1.06. The van der Waals surface area contributed by atoms with Gasteiger partial charge in [-0.25, -0.2) is 4.98 Å². The number of hydrogen-bond acceptors (Lipinski definition) is 5. The number of aromatic nitrogens is 1. The number of hydrogen-bond donors (Lipinski definition) is 2. The molecule has 0 aliphatic carbocycles. The Bertz CT molecular complexity index is 605. The van der Waals surface area contributed by atoms with Crippen molar-refractivity contribution in [2.24, 2.45) is 0 Å². The molecule has 0 fully saturated rings. The average molecular weight is 296 g/mol. The highest BCUT2D eigenvalue weighted by Crippen LogP contribution is 2.29. The van der Waals surface area contributed by atoms with E-state index in [2.05, 4.69) is 10.3 Å². The van der Waals surface area contributed by atoms with Crippen LogP contribution in [0, 0.1) is 6.92 Å². The van der Waals surface area contributed by atoms with Crippen LogP contribution in [0.2, 0.25) is 0 Å². The normalized spacial score (nSPS) is 12.1. The minimum absolute atomic E-state index is 0.397. The quantitative estimate of drug-likeness (QED) is 0.908. The SMILES string of the molecule is Cc1nc(-c2ccsc2)sc1C(=O)NC(C)C(=O)O. The van der Waals surface area contributed by atoms with E-state index >= 15 is 0 Å². The molecule has 19 heavy (non-hydrogen) atoms. The lowest BCUT2D eigenvalue weighted by atomic mass is 10.3. The van der Waals surface area contributed by atoms with Crippen LogP contribution in [0.25, 0.3) is 10.6 Å². The second-order valence-electron chi connectivity index (χ2n) is 3.98. The molecule has 2 aromatic rings. The summed E-state index contributed by atoms with van der Waals surface area (Å²) in [7, 11) is 0. The van der Waals surface area contributed by atoms with Gasteiger partial charge >= 0.3 is 5.97 Å². The van der Waals surface area contributed by atoms with Gasteiger partial charge in [0.15, 0.2) is 0 Å². The Morgan fingerprint density at radius 3 is 2.79 bits per heavy atom. The molecule has 7 heteroatoms. The molecular formula is C12H12N2O3S2. The first-order valence-corrected chi connectivity index (χ1v) is 7.28. The minimum Gasteiger partial charge on any atom is -0.480 e. The average Bonchev–Trinajstić information content (AvgIpc) is 2.96. The molecule has 1 unspecified atom stereocenters. The maximum atomic E-state index is 12.0. The number of nitrogens with one attached hydrogen (secondary N) is 1. The Hall–Kier alpha value is -1.73. The van der Waals surface area contributed by atoms with E-state index in [-0.39, 0.29) is 0 Å². The number of carbonyl (C=O) groups excluding carboxylic acids is 1. The van der Waals surface area contributed by atoms with Crippen molar-refractivity contribution in [1.29, 1.82) is 0 Å². The first kappa shape index (κ1) is 13.7. The van der Waals surface area contributed by atoms with Gasteiger partial charge in [-0.3, -0.25) is 9.59 Å². The van der Waals surface area contributed by atoms with E-state index in [9.17, 15) is 9.59 Å². The molecule has 2 aromatic heterocycles. The fraction of sp³-hybridized carbons (Fsp3) is 0.250. The van der Waals surface area contributed by atoms with Gasteiger partial charge in [0.25, 0.3) is 5.91 Å². The molecule has 5 nitrogen and oxygen atoms in total. The van der Waals surface area contributed by atoms with Gasteiger partial charge < -0.3 is 10.4 Å². The second kappa shape index (κ2) is 5.50. The summed E-state index contributed by atoms with van der Waals surface area (Å²) in [5, 5.41) is 15.9. The maximum absolute atomic E-state index is 12.0. The molecule has 0 aliphatic heterocycles. The number of nitrogens with zero attached hydrogens (tertiary/aromatic N) is 1. The summed E-state index contributed by atoms with van der Waals surface area (Å²) in [6, 6.07) is 1.02. The third-order valence-corrected chi connectivity index (χ3v) is 4.38. The van der Waals surface area contributed by atoms with E-state index in [1.165, 1.54) is 18.3 Å². The smallest absolute Gasteiger partial charge is 0.325 e. The highest BCUT2D eigenvalue weighted by Gasteiger charge is 2.20. The van der Waals surface area contributed by atoms with E-state index in [0.29, 0.717) is 10.6 Å². The molecule has 0 spiro atoms. The fourth-order valence-electron chi connectivity index (χ4n) is 1.44. The van der Waals surface area contributed by atoms with Crippen LogP contribution in [0.1, 0.15) is 22.3 Å². The zero-order valence-electron chi connectivity index (χ0n) is 10.3. The molecule has 0 saturated carbocycles. The summed E-state index contributed by atoms with van der Waals surface area (Å²) in [6.07, 6.45) is 0. The Morgan fingerprint density at radius 1 is 1.47 bits per heavy atom. The van der Waals surface area contributed by atoms with Crippen LogP contribution >= 0.6 is 22.7 Å². The fourth-order valence-corrected chi connectivity index (χ4v) is 3.12. The third kappa shape index (κ3) is 2.99. The molecule has 2 heterocycles. The number of aliphatic carboxylic acids is 1. The van der Waals surface area contributed by atoms with E-state index in [1.807, 2.05) is 16.8 Å². The lowest BCUT2D eigenvalue weighted by molar-refractivity contribution is -0.138. The summed E-state index contributed by atoms with van der Waals surface area (Å²) in [6.45, 7) is 3.17. The van der Waals surface area contributed by atoms with E-state index in [0.717, 1.165) is 10.6 Å². The molecule has 0 bridgehead atoms. The predicted octanol–water partition coefficient (Wildman–Crippen LogP) is 2.38. The number of thiazole rings is 1. The van der Waals surface area contributed by atoms with Crippen molar-refractivity contribution < 1.29 is 14.7 Å². The molecule has 0 aromatic carbocycles. The summed E-state index contributed by atoms with van der Waals surface area (Å²) < 4.78 is 0. The number of aryl methyl sites for hydroxylation is 1. The van der Waals surface area contributed by atoms with Gasteiger partial charge in [-0.1, -0.05) is 0 Å². The number of amides is 1. The third-order valence-electron chi connectivity index (χ3n) is 2.49. The van der Waals surface area contributed by atoms with E-state index in [1.54, 1.807) is 18.3 Å². The van der Waals surface area contributed by atoms with Crippen molar-refractivity contribution in [2.45, 2.75) is 19.9 Å². The molecule has 0 radical (unpaired) electrons. The van der Waals surface area contributed by atoms with Gasteiger partial charge in [0.1, 0.15) is 15.9 Å². The number of carboxylic acid groups (broad SMARTS) is 1. The Kier molecular flexibility index (Phi) is 3.96. The molecule has 2 N–H and O–H groups in total. The largest absolute Gasteiger partial charge is 0.480 e. The highest BCUT2D eigenvalue weighted by atomic mass is 32.1. The number of carboxylic acids is 1. The first-order valence-electron chi connectivity index (χ1n) is 5.52. The first-order chi connectivity index (χ1) is 8.99. The Labute approximate surface area is 117 Å². The summed E-state index contributed by atoms with van der Waals surface area (Å²) >= 11 is 2.83. The van der Waals surface area contributed by atoms with Crippen LogP contribution in [-0.2, 0) is 4.79 Å². The van der Waals surface area contributed by atoms with Gasteiger partial charge in [0.2, 0.25) is 0 Å². The lowest BCUT2D eigenvalue weighted by Crippen LogP contribution is -2.38. The van der Waals surface area contributed by atoms with Crippen LogP contribution in [0.3, 0.4) is 0 Å². The van der Waals surface area contributed by atoms with Crippen LogP contribution in [0.5, 0.6) is 0 Å². The molecule has 2 rings (SSSR count). The van der Waals surface area contributed by atoms with Gasteiger partial charge in [-0.05, 0) is 25.3 Å². The van der Waals surface area contributed by atoms with Crippen LogP contribution < -0.4 is 5.32 Å². The predicted molar refractivity (Wildman–Crippen MR) is 74.7 cm³/mol. The molecule has 100 valence electrons. The summed E-state index contributed by atoms with van der Waals surface area (Å²) in [5.41, 5.74) is 1.59. The van der Waals surface area contributed by atoms with Crippen molar-refractivity contribution in [3.8, 4) is 10.6 Å². The topological polar surface area (TPSA) is 79.3 Å². The molecule has 0 aliphatic rings. The zero-order valence-corrected chi connectivity index (χ0v) is 12.0. The van der Waals surface area contributed by atoms with Crippen molar-refractivity contribution >= 4 is 34.6 Å². The maximum Gasteiger partial charge on any atom is 0.325 e. The Morgan fingerprint density at radius 2 is 2.21 bits per heavy atom. The monoisotopic (exact) mass is 296 g/mol. The van der Waals surface area contributed by atoms with Crippen molar-refractivity contribution in [3.63, 3.8) is 0 Å². The van der Waals surface area contributed by atoms with Gasteiger partial charge in [0, 0.05) is 10.9 Å². The van der Waals surface area contributed by atoms with Crippen molar-refractivity contribution in [2.75, 3.05) is 0 Å². The number of rotatable bonds is 4. The number of carbonyl (C=O) groups is 2. The molecular weight excluding hydrogens is 284 g/mol. The van der Waals surface area contributed by atoms with Gasteiger partial charge in [0.05, 0.1) is 5.69 Å². The van der Waals surface area contributed by atoms with E-state index in [4.69, 9.17) is 5.11 Å². The standard InChI is InChI=1S/C12H12N2O3S2/c1-6-9(10(15)13-7(2)12(16)17)19-11(14-6)8-3-4-18-5-8/h3-5,7H,1-2H3,(H,13,15)(H,16,17). The van der Waals surface area contributed by atoms with Crippen LogP contribution in [0.4, 0.5) is 0 Å². The van der Waals surface area contributed by atoms with Crippen molar-refractivity contribution in [3.05, 3.63) is 27.4 Å². The van der Waals surface area contributed by atoms with Gasteiger partial charge in [-0.15, -0.1) is 11.3 Å². The lowest BCUT2D eigenvalue weighted by Gasteiger charge is -2.07. The zero-order chi connectivity index (χ0) is 14.0.